The van der Waals surface area contributed by atoms with Crippen molar-refractivity contribution >= 4 is 28.5 Å². The third kappa shape index (κ3) is 5.68. The van der Waals surface area contributed by atoms with E-state index >= 15 is 0 Å². The number of carboxylic acid groups (broad SMARTS) is 1. The third-order valence-electron chi connectivity index (χ3n) is 5.08. The number of halogens is 3. The van der Waals surface area contributed by atoms with Crippen molar-refractivity contribution in [3.05, 3.63) is 70.3 Å². The summed E-state index contributed by atoms with van der Waals surface area (Å²) in [6.07, 6.45) is -5.08. The lowest BCUT2D eigenvalue weighted by atomic mass is 10.1. The molecule has 2 N–H and O–H groups in total. The molecule has 174 valence electrons. The van der Waals surface area contributed by atoms with Crippen molar-refractivity contribution in [2.75, 3.05) is 31.1 Å². The normalized spacial score (nSPS) is 13.9. The van der Waals surface area contributed by atoms with Gasteiger partial charge in [-0.05, 0) is 30.7 Å². The second-order valence-corrected chi connectivity index (χ2v) is 7.30. The quantitative estimate of drug-likeness (QED) is 0.607. The maximum absolute atomic E-state index is 12.8. The van der Waals surface area contributed by atoms with Crippen molar-refractivity contribution in [2.45, 2.75) is 13.1 Å². The van der Waals surface area contributed by atoms with Crippen molar-refractivity contribution in [2.24, 2.45) is 0 Å². The number of rotatable bonds is 2. The first kappa shape index (κ1) is 23.8. The number of fused-ring (bicyclic) bond motifs is 1. The second-order valence-electron chi connectivity index (χ2n) is 7.30. The molecule has 2 heterocycles. The lowest BCUT2D eigenvalue weighted by Crippen LogP contribution is -2.49. The number of alkyl halides is 3. The Hall–Kier alpha value is -3.89. The molecule has 0 bridgehead atoms. The zero-order valence-electron chi connectivity index (χ0n) is 17.6. The fourth-order valence-corrected chi connectivity index (χ4v) is 3.41. The van der Waals surface area contributed by atoms with Crippen LogP contribution in [0.4, 0.5) is 18.9 Å². The number of H-pyrrole nitrogens is 1. The van der Waals surface area contributed by atoms with Crippen molar-refractivity contribution in [3.63, 3.8) is 0 Å². The third-order valence-corrected chi connectivity index (χ3v) is 5.08. The number of piperazine rings is 1. The highest BCUT2D eigenvalue weighted by Crippen LogP contribution is 2.21. The van der Waals surface area contributed by atoms with Crippen LogP contribution in [0.1, 0.15) is 16.2 Å². The first-order valence-electron chi connectivity index (χ1n) is 9.97. The summed E-state index contributed by atoms with van der Waals surface area (Å²) in [5.74, 6) is -2.87. The highest BCUT2D eigenvalue weighted by Gasteiger charge is 2.38. The number of hydrogen-bond donors (Lipinski definition) is 2. The van der Waals surface area contributed by atoms with Crippen LogP contribution in [0.25, 0.3) is 10.9 Å². The smallest absolute Gasteiger partial charge is 0.475 e. The largest absolute Gasteiger partial charge is 0.490 e. The maximum Gasteiger partial charge on any atom is 0.490 e. The number of anilines is 1. The summed E-state index contributed by atoms with van der Waals surface area (Å²) in [4.78, 5) is 44.9. The molecule has 0 radical (unpaired) electrons. The van der Waals surface area contributed by atoms with Gasteiger partial charge < -0.3 is 19.9 Å². The first-order valence-corrected chi connectivity index (χ1v) is 9.97. The lowest BCUT2D eigenvalue weighted by molar-refractivity contribution is -0.192. The Morgan fingerprint density at radius 3 is 2.18 bits per heavy atom. The van der Waals surface area contributed by atoms with Gasteiger partial charge in [0.25, 0.3) is 11.5 Å². The average molecular weight is 462 g/mol. The van der Waals surface area contributed by atoms with Gasteiger partial charge in [-0.1, -0.05) is 30.3 Å². The minimum absolute atomic E-state index is 0.109. The fourth-order valence-electron chi connectivity index (χ4n) is 3.41. The van der Waals surface area contributed by atoms with Crippen LogP contribution in [0, 0.1) is 6.92 Å². The topological polar surface area (TPSA) is 107 Å². The summed E-state index contributed by atoms with van der Waals surface area (Å²) in [5.41, 5.74) is 2.69. The van der Waals surface area contributed by atoms with Crippen molar-refractivity contribution in [1.29, 1.82) is 0 Å². The van der Waals surface area contributed by atoms with Crippen LogP contribution in [0.3, 0.4) is 0 Å². The van der Waals surface area contributed by atoms with Gasteiger partial charge in [-0.2, -0.15) is 13.2 Å². The number of para-hydroxylation sites is 2. The number of nitrogens with zero attached hydrogens (tertiary/aromatic N) is 3. The molecular formula is C22H21F3N4O4. The second kappa shape index (κ2) is 9.72. The van der Waals surface area contributed by atoms with Gasteiger partial charge in [-0.3, -0.25) is 9.59 Å². The number of carbonyl (C=O) groups is 2. The van der Waals surface area contributed by atoms with E-state index in [1.54, 1.807) is 23.1 Å². The van der Waals surface area contributed by atoms with Crippen LogP contribution >= 0.6 is 0 Å². The lowest BCUT2D eigenvalue weighted by Gasteiger charge is -2.36. The van der Waals surface area contributed by atoms with Gasteiger partial charge in [0.2, 0.25) is 0 Å². The number of carboxylic acids is 1. The predicted octanol–water partition coefficient (Wildman–Crippen LogP) is 2.83. The van der Waals surface area contributed by atoms with Gasteiger partial charge in [-0.25, -0.2) is 9.78 Å². The Labute approximate surface area is 186 Å². The number of nitrogens with one attached hydrogen (secondary N) is 1. The molecule has 1 aliphatic rings. The molecule has 2 aromatic carbocycles. The molecule has 0 spiro atoms. The van der Waals surface area contributed by atoms with E-state index in [0.717, 1.165) is 13.1 Å². The molecule has 11 heteroatoms. The molecule has 33 heavy (non-hydrogen) atoms. The Kier molecular flexibility index (Phi) is 7.00. The van der Waals surface area contributed by atoms with E-state index in [4.69, 9.17) is 9.90 Å². The van der Waals surface area contributed by atoms with E-state index in [-0.39, 0.29) is 17.3 Å². The number of benzene rings is 2. The number of amides is 1. The van der Waals surface area contributed by atoms with Gasteiger partial charge in [0.05, 0.1) is 10.9 Å². The van der Waals surface area contributed by atoms with E-state index in [9.17, 15) is 22.8 Å². The van der Waals surface area contributed by atoms with Crippen LogP contribution in [-0.4, -0.2) is 64.2 Å². The number of hydrogen-bond acceptors (Lipinski definition) is 5. The maximum atomic E-state index is 12.8. The van der Waals surface area contributed by atoms with Gasteiger partial charge in [-0.15, -0.1) is 0 Å². The summed E-state index contributed by atoms with van der Waals surface area (Å²) in [6.45, 7) is 4.81. The van der Waals surface area contributed by atoms with Gasteiger partial charge >= 0.3 is 12.1 Å². The van der Waals surface area contributed by atoms with E-state index in [1.165, 1.54) is 11.3 Å². The van der Waals surface area contributed by atoms with Crippen molar-refractivity contribution < 1.29 is 27.9 Å². The fraction of sp³-hybridized carbons (Fsp3) is 0.273. The molecule has 8 nitrogen and oxygen atoms in total. The van der Waals surface area contributed by atoms with Gasteiger partial charge in [0.1, 0.15) is 0 Å². The van der Waals surface area contributed by atoms with Crippen molar-refractivity contribution in [3.8, 4) is 0 Å². The molecule has 1 amide bonds. The van der Waals surface area contributed by atoms with Crippen LogP contribution in [0.5, 0.6) is 0 Å². The Morgan fingerprint density at radius 1 is 1.00 bits per heavy atom. The molecule has 1 aliphatic heterocycles. The molecule has 1 saturated heterocycles. The Balaban J connectivity index is 0.000000383. The number of carbonyl (C=O) groups excluding carboxylic acids is 1. The molecule has 0 unspecified atom stereocenters. The monoisotopic (exact) mass is 462 g/mol. The molecule has 0 saturated carbocycles. The molecular weight excluding hydrogens is 441 g/mol. The van der Waals surface area contributed by atoms with Crippen molar-refractivity contribution in [1.82, 2.24) is 14.9 Å². The predicted molar refractivity (Wildman–Crippen MR) is 115 cm³/mol. The van der Waals surface area contributed by atoms with E-state index in [1.807, 2.05) is 18.2 Å². The van der Waals surface area contributed by atoms with Crippen LogP contribution in [0.2, 0.25) is 0 Å². The standard InChI is InChI=1S/C20H20N4O2.C2HF3O2/c1-14-6-2-5-9-17(14)23-10-12-24(13-11-23)20(26)18-21-16-8-4-3-7-15(16)19(25)22-18;3-2(4,5)1(6)7/h2-9H,10-13H2,1H3,(H,21,22,25);(H,6,7). The highest BCUT2D eigenvalue weighted by molar-refractivity contribution is 5.92. The Morgan fingerprint density at radius 2 is 1.58 bits per heavy atom. The summed E-state index contributed by atoms with van der Waals surface area (Å²) in [7, 11) is 0. The SMILES string of the molecule is Cc1ccccc1N1CCN(C(=O)c2nc3ccccc3c(=O)[nH]2)CC1.O=C(O)C(F)(F)F. The molecule has 4 rings (SSSR count). The summed E-state index contributed by atoms with van der Waals surface area (Å²) >= 11 is 0. The van der Waals surface area contributed by atoms with Gasteiger partial charge in [0.15, 0.2) is 5.82 Å². The molecule has 0 aliphatic carbocycles. The van der Waals surface area contributed by atoms with Crippen LogP contribution < -0.4 is 10.5 Å². The van der Waals surface area contributed by atoms with E-state index < -0.39 is 12.1 Å². The van der Waals surface area contributed by atoms with Gasteiger partial charge in [0, 0.05) is 31.9 Å². The zero-order valence-corrected chi connectivity index (χ0v) is 17.6. The molecule has 3 aromatic rings. The minimum atomic E-state index is -5.08. The molecule has 0 atom stereocenters. The Bertz CT molecular complexity index is 1220. The summed E-state index contributed by atoms with van der Waals surface area (Å²) in [6, 6.07) is 15.3. The number of aromatic nitrogens is 2. The summed E-state index contributed by atoms with van der Waals surface area (Å²) in [5, 5.41) is 7.62. The molecule has 1 fully saturated rings. The van der Waals surface area contributed by atoms with Crippen LogP contribution in [-0.2, 0) is 4.79 Å². The number of aryl methyl sites for hydroxylation is 1. The average Bonchev–Trinajstić information content (AvgIpc) is 2.79. The van der Waals surface area contributed by atoms with Crippen LogP contribution in [0.15, 0.2) is 53.3 Å². The number of aliphatic carboxylic acids is 1. The van der Waals surface area contributed by atoms with E-state index in [0.29, 0.717) is 24.0 Å². The zero-order chi connectivity index (χ0) is 24.2. The molecule has 1 aromatic heterocycles. The highest BCUT2D eigenvalue weighted by atomic mass is 19.4. The first-order chi connectivity index (χ1) is 15.6. The summed E-state index contributed by atoms with van der Waals surface area (Å²) < 4.78 is 31.7. The van der Waals surface area contributed by atoms with E-state index in [2.05, 4.69) is 33.9 Å². The minimum Gasteiger partial charge on any atom is -0.475 e. The number of aromatic amines is 1.